The lowest BCUT2D eigenvalue weighted by molar-refractivity contribution is -0.156. The molecule has 0 spiro atoms. The second-order valence-electron chi connectivity index (χ2n) is 5.94. The zero-order valence-electron chi connectivity index (χ0n) is 10.3. The summed E-state index contributed by atoms with van der Waals surface area (Å²) < 4.78 is 5.59. The van der Waals surface area contributed by atoms with Gasteiger partial charge in [0.15, 0.2) is 0 Å². The van der Waals surface area contributed by atoms with Gasteiger partial charge in [0.2, 0.25) is 0 Å². The van der Waals surface area contributed by atoms with Crippen molar-refractivity contribution in [1.82, 2.24) is 0 Å². The Morgan fingerprint density at radius 1 is 1.40 bits per heavy atom. The summed E-state index contributed by atoms with van der Waals surface area (Å²) in [5, 5.41) is 0. The maximum absolute atomic E-state index is 11.4. The van der Waals surface area contributed by atoms with Gasteiger partial charge in [-0.2, -0.15) is 0 Å². The van der Waals surface area contributed by atoms with E-state index in [1.54, 1.807) is 0 Å². The molecular weight excluding hydrogens is 188 g/mol. The highest BCUT2D eigenvalue weighted by Gasteiger charge is 2.62. The first kappa shape index (κ1) is 11.0. The van der Waals surface area contributed by atoms with Crippen LogP contribution in [0.1, 0.15) is 53.4 Å². The van der Waals surface area contributed by atoms with Crippen molar-refractivity contribution in [3.63, 3.8) is 0 Å². The maximum Gasteiger partial charge on any atom is 0.305 e. The van der Waals surface area contributed by atoms with Gasteiger partial charge in [-0.25, -0.2) is 0 Å². The van der Waals surface area contributed by atoms with Crippen molar-refractivity contribution in [2.75, 3.05) is 0 Å². The number of rotatable bonds is 2. The molecule has 2 saturated carbocycles. The monoisotopic (exact) mass is 210 g/mol. The number of esters is 1. The molecule has 2 fully saturated rings. The lowest BCUT2D eigenvalue weighted by atomic mass is 9.70. The normalized spacial score (nSPS) is 41.9. The highest BCUT2D eigenvalue weighted by molar-refractivity contribution is 5.69. The van der Waals surface area contributed by atoms with Gasteiger partial charge >= 0.3 is 5.97 Å². The summed E-state index contributed by atoms with van der Waals surface area (Å²) in [5.41, 5.74) is 0.550. The highest BCUT2D eigenvalue weighted by atomic mass is 16.5. The fraction of sp³-hybridized carbons (Fsp3) is 0.923. The Labute approximate surface area is 92.4 Å². The van der Waals surface area contributed by atoms with Crippen molar-refractivity contribution in [2.45, 2.75) is 59.5 Å². The van der Waals surface area contributed by atoms with Crippen LogP contribution in [0.5, 0.6) is 0 Å². The molecular formula is C13H22O2. The first-order valence-electron chi connectivity index (χ1n) is 6.11. The SMILES string of the molecule is CCC(=O)O[C@H]1C[C@@H]2CC[C@]1(C)C2(C)C. The predicted molar refractivity (Wildman–Crippen MR) is 59.4 cm³/mol. The van der Waals surface area contributed by atoms with Gasteiger partial charge in [0.05, 0.1) is 0 Å². The molecule has 2 heteroatoms. The molecule has 2 aliphatic carbocycles. The van der Waals surface area contributed by atoms with Gasteiger partial charge in [0.1, 0.15) is 6.10 Å². The Bertz CT molecular complexity index is 282. The summed E-state index contributed by atoms with van der Waals surface area (Å²) in [4.78, 5) is 11.4. The summed E-state index contributed by atoms with van der Waals surface area (Å²) in [6, 6.07) is 0. The largest absolute Gasteiger partial charge is 0.462 e. The van der Waals surface area contributed by atoms with Gasteiger partial charge in [-0.05, 0) is 30.6 Å². The molecule has 0 amide bonds. The van der Waals surface area contributed by atoms with Crippen LogP contribution in [0.25, 0.3) is 0 Å². The van der Waals surface area contributed by atoms with E-state index in [0.717, 1.165) is 12.3 Å². The Morgan fingerprint density at radius 2 is 2.07 bits per heavy atom. The molecule has 0 aromatic carbocycles. The van der Waals surface area contributed by atoms with Crippen LogP contribution in [-0.2, 0) is 9.53 Å². The van der Waals surface area contributed by atoms with Crippen molar-refractivity contribution in [2.24, 2.45) is 16.7 Å². The van der Waals surface area contributed by atoms with Gasteiger partial charge in [-0.3, -0.25) is 4.79 Å². The highest BCUT2D eigenvalue weighted by Crippen LogP contribution is 2.66. The Balaban J connectivity index is 2.15. The molecule has 0 N–H and O–H groups in total. The third-order valence-corrected chi connectivity index (χ3v) is 5.28. The molecule has 2 aliphatic rings. The molecule has 86 valence electrons. The van der Waals surface area contributed by atoms with Gasteiger partial charge < -0.3 is 4.74 Å². The second-order valence-corrected chi connectivity index (χ2v) is 5.94. The number of ether oxygens (including phenoxy) is 1. The van der Waals surface area contributed by atoms with E-state index < -0.39 is 0 Å². The summed E-state index contributed by atoms with van der Waals surface area (Å²) in [6.07, 6.45) is 4.27. The standard InChI is InChI=1S/C13H22O2/c1-5-11(14)15-10-8-9-6-7-13(10,4)12(9,2)3/h9-10H,5-8H2,1-4H3/t9-,10-,13-/m0/s1. The van der Waals surface area contributed by atoms with Crippen LogP contribution in [0, 0.1) is 16.7 Å². The van der Waals surface area contributed by atoms with Crippen LogP contribution < -0.4 is 0 Å². The summed E-state index contributed by atoms with van der Waals surface area (Å²) in [6.45, 7) is 8.84. The van der Waals surface area contributed by atoms with Crippen molar-refractivity contribution < 1.29 is 9.53 Å². The van der Waals surface area contributed by atoms with Crippen molar-refractivity contribution in [3.05, 3.63) is 0 Å². The van der Waals surface area contributed by atoms with E-state index in [9.17, 15) is 4.79 Å². The molecule has 0 aliphatic heterocycles. The van der Waals surface area contributed by atoms with Gasteiger partial charge in [0.25, 0.3) is 0 Å². The lowest BCUT2D eigenvalue weighted by Gasteiger charge is -2.38. The van der Waals surface area contributed by atoms with E-state index in [0.29, 0.717) is 11.8 Å². The molecule has 0 heterocycles. The van der Waals surface area contributed by atoms with E-state index in [-0.39, 0.29) is 17.5 Å². The van der Waals surface area contributed by atoms with Crippen LogP contribution in [0.4, 0.5) is 0 Å². The van der Waals surface area contributed by atoms with Crippen LogP contribution in [0.15, 0.2) is 0 Å². The second kappa shape index (κ2) is 3.23. The molecule has 0 radical (unpaired) electrons. The number of carbonyl (C=O) groups excluding carboxylic acids is 1. The van der Waals surface area contributed by atoms with E-state index in [1.165, 1.54) is 12.8 Å². The Morgan fingerprint density at radius 3 is 2.47 bits per heavy atom. The van der Waals surface area contributed by atoms with Crippen LogP contribution in [-0.4, -0.2) is 12.1 Å². The molecule has 2 bridgehead atoms. The smallest absolute Gasteiger partial charge is 0.305 e. The number of hydrogen-bond donors (Lipinski definition) is 0. The third-order valence-electron chi connectivity index (χ3n) is 5.28. The van der Waals surface area contributed by atoms with Gasteiger partial charge in [0, 0.05) is 11.8 Å². The van der Waals surface area contributed by atoms with E-state index in [2.05, 4.69) is 20.8 Å². The van der Waals surface area contributed by atoms with Crippen LogP contribution in [0.2, 0.25) is 0 Å². The average molecular weight is 210 g/mol. The zero-order valence-corrected chi connectivity index (χ0v) is 10.3. The first-order valence-corrected chi connectivity index (χ1v) is 6.11. The molecule has 15 heavy (non-hydrogen) atoms. The van der Waals surface area contributed by atoms with Crippen molar-refractivity contribution in [1.29, 1.82) is 0 Å². The Hall–Kier alpha value is -0.530. The molecule has 2 rings (SSSR count). The molecule has 3 atom stereocenters. The molecule has 0 unspecified atom stereocenters. The topological polar surface area (TPSA) is 26.3 Å². The maximum atomic E-state index is 11.4. The first-order chi connectivity index (χ1) is 6.91. The summed E-state index contributed by atoms with van der Waals surface area (Å²) in [7, 11) is 0. The minimum absolute atomic E-state index is 0.0374. The fourth-order valence-electron chi connectivity index (χ4n) is 3.55. The number of carbonyl (C=O) groups is 1. The van der Waals surface area contributed by atoms with E-state index in [4.69, 9.17) is 4.74 Å². The average Bonchev–Trinajstić information content (AvgIpc) is 2.50. The van der Waals surface area contributed by atoms with Gasteiger partial charge in [-0.15, -0.1) is 0 Å². The minimum atomic E-state index is -0.0374. The van der Waals surface area contributed by atoms with Crippen LogP contribution >= 0.6 is 0 Å². The summed E-state index contributed by atoms with van der Waals surface area (Å²) >= 11 is 0. The van der Waals surface area contributed by atoms with E-state index in [1.807, 2.05) is 6.92 Å². The lowest BCUT2D eigenvalue weighted by Crippen LogP contribution is -2.38. The summed E-state index contributed by atoms with van der Waals surface area (Å²) in [5.74, 6) is 0.710. The van der Waals surface area contributed by atoms with Crippen molar-refractivity contribution in [3.8, 4) is 0 Å². The minimum Gasteiger partial charge on any atom is -0.462 e. The predicted octanol–water partition coefficient (Wildman–Crippen LogP) is 3.15. The fourth-order valence-corrected chi connectivity index (χ4v) is 3.55. The van der Waals surface area contributed by atoms with Crippen molar-refractivity contribution >= 4 is 5.97 Å². The van der Waals surface area contributed by atoms with Crippen LogP contribution in [0.3, 0.4) is 0 Å². The zero-order chi connectivity index (χ0) is 11.3. The van der Waals surface area contributed by atoms with E-state index >= 15 is 0 Å². The third kappa shape index (κ3) is 1.33. The number of hydrogen-bond acceptors (Lipinski definition) is 2. The molecule has 2 nitrogen and oxygen atoms in total. The molecule has 0 aromatic heterocycles. The van der Waals surface area contributed by atoms with Gasteiger partial charge in [-0.1, -0.05) is 27.7 Å². The molecule has 0 aromatic rings. The quantitative estimate of drug-likeness (QED) is 0.654. The Kier molecular flexibility index (Phi) is 2.36. The number of fused-ring (bicyclic) bond motifs is 2. The molecule has 0 saturated heterocycles.